The highest BCUT2D eigenvalue weighted by atomic mass is 19.3. The molecule has 2 atom stereocenters. The molecule has 2 aliphatic heterocycles. The highest BCUT2D eigenvalue weighted by molar-refractivity contribution is 5.95. The van der Waals surface area contributed by atoms with Gasteiger partial charge in [0.15, 0.2) is 0 Å². The van der Waals surface area contributed by atoms with E-state index >= 15 is 0 Å². The first kappa shape index (κ1) is 19.0. The fraction of sp³-hybridized carbons (Fsp3) is 0.524. The molecule has 28 heavy (non-hydrogen) atoms. The molecule has 2 aliphatic rings. The quantitative estimate of drug-likeness (QED) is 0.809. The van der Waals surface area contributed by atoms with Gasteiger partial charge in [-0.05, 0) is 31.2 Å². The Labute approximate surface area is 163 Å². The number of piperidine rings is 1. The van der Waals surface area contributed by atoms with Crippen LogP contribution in [0.3, 0.4) is 0 Å². The molecule has 5 nitrogen and oxygen atoms in total. The van der Waals surface area contributed by atoms with E-state index in [1.807, 2.05) is 31.2 Å². The van der Waals surface area contributed by atoms with Crippen molar-refractivity contribution in [3.8, 4) is 6.07 Å². The zero-order valence-electron chi connectivity index (χ0n) is 15.9. The van der Waals surface area contributed by atoms with Gasteiger partial charge in [-0.3, -0.25) is 4.98 Å². The van der Waals surface area contributed by atoms with Crippen molar-refractivity contribution in [1.82, 2.24) is 9.88 Å². The lowest BCUT2D eigenvalue weighted by Crippen LogP contribution is -2.52. The molecule has 0 unspecified atom stereocenters. The van der Waals surface area contributed by atoms with Gasteiger partial charge in [-0.2, -0.15) is 5.26 Å². The molecule has 148 valence electrons. The molecule has 0 radical (unpaired) electrons. The Morgan fingerprint density at radius 3 is 2.79 bits per heavy atom. The van der Waals surface area contributed by atoms with Gasteiger partial charge >= 0.3 is 0 Å². The van der Waals surface area contributed by atoms with Crippen LogP contribution in [0.25, 0.3) is 10.9 Å². The summed E-state index contributed by atoms with van der Waals surface area (Å²) in [5.74, 6) is -2.53. The van der Waals surface area contributed by atoms with Crippen molar-refractivity contribution in [2.24, 2.45) is 0 Å². The Morgan fingerprint density at radius 1 is 1.25 bits per heavy atom. The van der Waals surface area contributed by atoms with Gasteiger partial charge < -0.3 is 14.5 Å². The molecular formula is C21H24F2N4O. The van der Waals surface area contributed by atoms with Crippen molar-refractivity contribution in [3.63, 3.8) is 0 Å². The number of halogens is 2. The molecule has 4 rings (SSSR count). The molecule has 2 aromatic rings. The van der Waals surface area contributed by atoms with E-state index in [-0.39, 0.29) is 25.0 Å². The zero-order chi connectivity index (χ0) is 19.7. The van der Waals surface area contributed by atoms with Crippen molar-refractivity contribution in [2.45, 2.75) is 37.9 Å². The lowest BCUT2D eigenvalue weighted by atomic mass is 10.0. The monoisotopic (exact) mass is 386 g/mol. The van der Waals surface area contributed by atoms with Crippen molar-refractivity contribution >= 4 is 16.6 Å². The average molecular weight is 386 g/mol. The van der Waals surface area contributed by atoms with Crippen LogP contribution in [0.2, 0.25) is 0 Å². The third kappa shape index (κ3) is 3.94. The number of fused-ring (bicyclic) bond motifs is 1. The van der Waals surface area contributed by atoms with Crippen LogP contribution in [0.15, 0.2) is 30.5 Å². The van der Waals surface area contributed by atoms with E-state index < -0.39 is 5.92 Å². The second-order valence-corrected chi connectivity index (χ2v) is 7.77. The van der Waals surface area contributed by atoms with Gasteiger partial charge in [0.2, 0.25) is 0 Å². The van der Waals surface area contributed by atoms with Gasteiger partial charge in [-0.25, -0.2) is 8.78 Å². The highest BCUT2D eigenvalue weighted by Gasteiger charge is 2.36. The van der Waals surface area contributed by atoms with Crippen LogP contribution in [0.4, 0.5) is 14.5 Å². The summed E-state index contributed by atoms with van der Waals surface area (Å²) >= 11 is 0. The van der Waals surface area contributed by atoms with Crippen LogP contribution in [-0.2, 0) is 4.74 Å². The number of nitrogens with zero attached hydrogens (tertiary/aromatic N) is 4. The van der Waals surface area contributed by atoms with E-state index in [1.54, 1.807) is 6.20 Å². The minimum Gasteiger partial charge on any atom is -0.370 e. The number of aromatic nitrogens is 1. The summed E-state index contributed by atoms with van der Waals surface area (Å²) in [6.45, 7) is 4.94. The third-order valence-corrected chi connectivity index (χ3v) is 5.58. The van der Waals surface area contributed by atoms with E-state index in [2.05, 4.69) is 20.9 Å². The molecule has 0 aliphatic carbocycles. The Morgan fingerprint density at radius 2 is 2.04 bits per heavy atom. The highest BCUT2D eigenvalue weighted by Crippen LogP contribution is 2.31. The molecule has 0 N–H and O–H groups in total. The number of pyridine rings is 1. The van der Waals surface area contributed by atoms with E-state index in [0.717, 1.165) is 17.6 Å². The van der Waals surface area contributed by atoms with Gasteiger partial charge in [-0.15, -0.1) is 0 Å². The maximum absolute atomic E-state index is 13.4. The van der Waals surface area contributed by atoms with Crippen molar-refractivity contribution < 1.29 is 13.5 Å². The van der Waals surface area contributed by atoms with Crippen LogP contribution in [-0.4, -0.2) is 60.7 Å². The van der Waals surface area contributed by atoms with Gasteiger partial charge in [-0.1, -0.05) is 0 Å². The Balaban J connectivity index is 1.53. The number of rotatable bonds is 3. The normalized spacial score (nSPS) is 25.6. The predicted molar refractivity (Wildman–Crippen MR) is 104 cm³/mol. The topological polar surface area (TPSA) is 52.4 Å². The van der Waals surface area contributed by atoms with Crippen molar-refractivity contribution in [1.29, 1.82) is 5.26 Å². The number of alkyl halides is 2. The van der Waals surface area contributed by atoms with Gasteiger partial charge in [0.1, 0.15) is 6.07 Å². The fourth-order valence-corrected chi connectivity index (χ4v) is 4.22. The van der Waals surface area contributed by atoms with Crippen molar-refractivity contribution in [2.75, 3.05) is 37.6 Å². The summed E-state index contributed by atoms with van der Waals surface area (Å²) in [7, 11) is 0. The summed E-state index contributed by atoms with van der Waals surface area (Å²) in [5, 5.41) is 10.3. The zero-order valence-corrected chi connectivity index (χ0v) is 15.9. The lowest BCUT2D eigenvalue weighted by Gasteiger charge is -2.41. The summed E-state index contributed by atoms with van der Waals surface area (Å²) in [6.07, 6.45) is 1.53. The number of hydrogen-bond donors (Lipinski definition) is 0. The Kier molecular flexibility index (Phi) is 5.17. The Bertz CT molecular complexity index is 888. The number of likely N-dealkylation sites (tertiary alicyclic amines) is 1. The maximum Gasteiger partial charge on any atom is 0.250 e. The van der Waals surface area contributed by atoms with Gasteiger partial charge in [0, 0.05) is 62.8 Å². The molecule has 3 heterocycles. The first-order valence-corrected chi connectivity index (χ1v) is 9.73. The van der Waals surface area contributed by atoms with Crippen molar-refractivity contribution in [3.05, 3.63) is 36.0 Å². The van der Waals surface area contributed by atoms with E-state index in [0.29, 0.717) is 37.3 Å². The largest absolute Gasteiger partial charge is 0.370 e. The average Bonchev–Trinajstić information content (AvgIpc) is 2.68. The number of morpholine rings is 1. The molecule has 0 saturated carbocycles. The molecule has 1 aromatic carbocycles. The van der Waals surface area contributed by atoms with E-state index in [4.69, 9.17) is 4.74 Å². The second kappa shape index (κ2) is 7.61. The maximum atomic E-state index is 13.4. The van der Waals surface area contributed by atoms with Crippen LogP contribution < -0.4 is 4.90 Å². The summed E-state index contributed by atoms with van der Waals surface area (Å²) in [4.78, 5) is 8.74. The first-order chi connectivity index (χ1) is 13.4. The molecule has 0 amide bonds. The molecule has 0 bridgehead atoms. The summed E-state index contributed by atoms with van der Waals surface area (Å²) < 4.78 is 32.9. The van der Waals surface area contributed by atoms with Crippen LogP contribution in [0.5, 0.6) is 0 Å². The second-order valence-electron chi connectivity index (χ2n) is 7.77. The van der Waals surface area contributed by atoms with Crippen LogP contribution >= 0.6 is 0 Å². The number of ether oxygens (including phenoxy) is 1. The summed E-state index contributed by atoms with van der Waals surface area (Å²) in [5.41, 5.74) is 2.30. The SMILES string of the molecule is C[C@@H]1CN(c2ccc(C#N)c3ncccc23)C[C@H](CN2CCC(F)(F)CC2)O1. The van der Waals surface area contributed by atoms with Gasteiger partial charge in [0.25, 0.3) is 5.92 Å². The molecule has 7 heteroatoms. The first-order valence-electron chi connectivity index (χ1n) is 9.73. The minimum absolute atomic E-state index is 0.0346. The number of nitriles is 1. The van der Waals surface area contributed by atoms with Gasteiger partial charge in [0.05, 0.1) is 23.3 Å². The molecule has 1 aromatic heterocycles. The minimum atomic E-state index is -2.53. The molecular weight excluding hydrogens is 362 g/mol. The molecule has 2 fully saturated rings. The Hall–Kier alpha value is -2.30. The molecule has 2 saturated heterocycles. The third-order valence-electron chi connectivity index (χ3n) is 5.58. The smallest absolute Gasteiger partial charge is 0.250 e. The number of hydrogen-bond acceptors (Lipinski definition) is 5. The molecule has 0 spiro atoms. The number of benzene rings is 1. The van der Waals surface area contributed by atoms with E-state index in [9.17, 15) is 14.0 Å². The predicted octanol–water partition coefficient (Wildman–Crippen LogP) is 3.43. The lowest BCUT2D eigenvalue weighted by molar-refractivity contribution is -0.0761. The van der Waals surface area contributed by atoms with Crippen LogP contribution in [0.1, 0.15) is 25.3 Å². The standard InChI is InChI=1S/C21H24F2N4O/c1-15-12-27(14-17(28-15)13-26-9-6-21(22,23)7-10-26)19-5-4-16(11-24)20-18(19)3-2-8-25-20/h2-5,8,15,17H,6-7,9-10,12-14H2,1H3/t15-,17+/m1/s1. The number of anilines is 1. The van der Waals surface area contributed by atoms with E-state index in [1.165, 1.54) is 0 Å². The van der Waals surface area contributed by atoms with Crippen LogP contribution in [0, 0.1) is 11.3 Å². The summed E-state index contributed by atoms with van der Waals surface area (Å²) in [6, 6.07) is 9.85. The fourth-order valence-electron chi connectivity index (χ4n) is 4.22.